The minimum absolute atomic E-state index is 0.00151. The smallest absolute Gasteiger partial charge is 0.263 e. The largest absolute Gasteiger partial charge is 0.326 e. The fraction of sp³-hybridized carbons (Fsp3) is 0.136. The molecule has 3 aromatic rings. The van der Waals surface area contributed by atoms with Gasteiger partial charge in [-0.3, -0.25) is 14.3 Å². The molecule has 0 atom stereocenters. The van der Waals surface area contributed by atoms with Gasteiger partial charge in [0.2, 0.25) is 5.91 Å². The fourth-order valence-corrected chi connectivity index (χ4v) is 3.75. The van der Waals surface area contributed by atoms with Gasteiger partial charge in [0.25, 0.3) is 10.0 Å². The molecule has 0 unspecified atom stereocenters. The van der Waals surface area contributed by atoms with Crippen LogP contribution >= 0.6 is 0 Å². The van der Waals surface area contributed by atoms with Gasteiger partial charge in [-0.2, -0.15) is 0 Å². The Morgan fingerprint density at radius 2 is 1.53 bits per heavy atom. The van der Waals surface area contributed by atoms with Crippen LogP contribution in [0.1, 0.15) is 29.6 Å². The molecule has 1 aromatic heterocycles. The first-order valence-electron chi connectivity index (χ1n) is 9.36. The standard InChI is InChI=1S/C22H21N3O4S/c26-20(17-7-2-1-3-8-17)9-6-11-22(27)24-18-12-14-19(15-13-18)30(28,29)25-21-10-4-5-16-23-21/h1-5,7-8,10,12-16H,6,9,11H2,(H,23,25)(H,24,27). The zero-order chi connectivity index (χ0) is 21.4. The number of carbonyl (C=O) groups is 2. The Hall–Kier alpha value is -3.52. The number of nitrogens with zero attached hydrogens (tertiary/aromatic N) is 1. The first kappa shape index (κ1) is 21.2. The highest BCUT2D eigenvalue weighted by atomic mass is 32.2. The molecule has 3 rings (SSSR count). The molecule has 154 valence electrons. The Labute approximate surface area is 175 Å². The van der Waals surface area contributed by atoms with E-state index in [-0.39, 0.29) is 35.2 Å². The van der Waals surface area contributed by atoms with E-state index in [2.05, 4.69) is 15.0 Å². The Morgan fingerprint density at radius 3 is 2.20 bits per heavy atom. The molecule has 0 spiro atoms. The first-order valence-corrected chi connectivity index (χ1v) is 10.8. The summed E-state index contributed by atoms with van der Waals surface area (Å²) in [5, 5.41) is 2.71. The van der Waals surface area contributed by atoms with Gasteiger partial charge in [0, 0.05) is 30.3 Å². The van der Waals surface area contributed by atoms with E-state index in [1.807, 2.05) is 6.07 Å². The van der Waals surface area contributed by atoms with Crippen molar-refractivity contribution < 1.29 is 18.0 Å². The first-order chi connectivity index (χ1) is 14.4. The SMILES string of the molecule is O=C(CCCC(=O)c1ccccc1)Nc1ccc(S(=O)(=O)Nc2ccccn2)cc1. The molecule has 0 saturated carbocycles. The third-order valence-electron chi connectivity index (χ3n) is 4.26. The number of rotatable bonds is 9. The van der Waals surface area contributed by atoms with Crippen LogP contribution in [-0.4, -0.2) is 25.1 Å². The zero-order valence-corrected chi connectivity index (χ0v) is 16.9. The molecule has 1 amide bonds. The molecule has 2 N–H and O–H groups in total. The highest BCUT2D eigenvalue weighted by Gasteiger charge is 2.15. The lowest BCUT2D eigenvalue weighted by molar-refractivity contribution is -0.116. The number of aromatic nitrogens is 1. The van der Waals surface area contributed by atoms with Crippen LogP contribution in [0.3, 0.4) is 0 Å². The number of anilines is 2. The molecule has 0 radical (unpaired) electrons. The number of ketones is 1. The molecule has 0 aliphatic heterocycles. The second kappa shape index (κ2) is 9.80. The highest BCUT2D eigenvalue weighted by molar-refractivity contribution is 7.92. The average Bonchev–Trinajstić information content (AvgIpc) is 2.75. The molecule has 0 aliphatic carbocycles. The summed E-state index contributed by atoms with van der Waals surface area (Å²) in [6.07, 6.45) is 2.40. The number of Topliss-reactive ketones (excluding diaryl/α,β-unsaturated/α-hetero) is 1. The topological polar surface area (TPSA) is 105 Å². The second-order valence-corrected chi connectivity index (χ2v) is 8.22. The van der Waals surface area contributed by atoms with Crippen LogP contribution in [-0.2, 0) is 14.8 Å². The summed E-state index contributed by atoms with van der Waals surface area (Å²) in [4.78, 5) is 28.1. The van der Waals surface area contributed by atoms with E-state index in [1.165, 1.54) is 30.5 Å². The number of carbonyl (C=O) groups excluding carboxylic acids is 2. The number of pyridine rings is 1. The number of hydrogen-bond donors (Lipinski definition) is 2. The van der Waals surface area contributed by atoms with Crippen molar-refractivity contribution in [3.63, 3.8) is 0 Å². The zero-order valence-electron chi connectivity index (χ0n) is 16.1. The molecular formula is C22H21N3O4S. The monoisotopic (exact) mass is 423 g/mol. The van der Waals surface area contributed by atoms with Crippen molar-refractivity contribution in [1.29, 1.82) is 0 Å². The molecule has 1 heterocycles. The fourth-order valence-electron chi connectivity index (χ4n) is 2.74. The maximum absolute atomic E-state index is 12.4. The molecular weight excluding hydrogens is 402 g/mol. The van der Waals surface area contributed by atoms with Crippen LogP contribution in [0.4, 0.5) is 11.5 Å². The normalized spacial score (nSPS) is 10.9. The van der Waals surface area contributed by atoms with E-state index < -0.39 is 10.0 Å². The van der Waals surface area contributed by atoms with E-state index in [0.29, 0.717) is 17.7 Å². The van der Waals surface area contributed by atoms with Gasteiger partial charge < -0.3 is 5.32 Å². The van der Waals surface area contributed by atoms with E-state index in [4.69, 9.17) is 0 Å². The van der Waals surface area contributed by atoms with Gasteiger partial charge in [-0.25, -0.2) is 13.4 Å². The number of sulfonamides is 1. The van der Waals surface area contributed by atoms with E-state index in [9.17, 15) is 18.0 Å². The van der Waals surface area contributed by atoms with Gasteiger partial charge >= 0.3 is 0 Å². The summed E-state index contributed by atoms with van der Waals surface area (Å²) in [6, 6.07) is 19.7. The van der Waals surface area contributed by atoms with Gasteiger partial charge in [0.15, 0.2) is 5.78 Å². The minimum atomic E-state index is -3.77. The summed E-state index contributed by atoms with van der Waals surface area (Å²) in [5.41, 5.74) is 1.11. The van der Waals surface area contributed by atoms with Crippen LogP contribution in [0.5, 0.6) is 0 Å². The highest BCUT2D eigenvalue weighted by Crippen LogP contribution is 2.17. The van der Waals surface area contributed by atoms with E-state index >= 15 is 0 Å². The Kier molecular flexibility index (Phi) is 6.92. The number of hydrogen-bond acceptors (Lipinski definition) is 5. The average molecular weight is 423 g/mol. The Morgan fingerprint density at radius 1 is 0.833 bits per heavy atom. The van der Waals surface area contributed by atoms with Gasteiger partial charge in [0.1, 0.15) is 5.82 Å². The Bertz CT molecular complexity index is 1100. The molecule has 0 saturated heterocycles. The van der Waals surface area contributed by atoms with Gasteiger partial charge in [-0.15, -0.1) is 0 Å². The van der Waals surface area contributed by atoms with Crippen molar-refractivity contribution in [1.82, 2.24) is 4.98 Å². The summed E-state index contributed by atoms with van der Waals surface area (Å²) in [7, 11) is -3.77. The van der Waals surface area contributed by atoms with Gasteiger partial charge in [-0.05, 0) is 42.8 Å². The van der Waals surface area contributed by atoms with Crippen molar-refractivity contribution in [2.24, 2.45) is 0 Å². The molecule has 0 aliphatic rings. The van der Waals surface area contributed by atoms with E-state index in [1.54, 1.807) is 42.5 Å². The molecule has 2 aromatic carbocycles. The quantitative estimate of drug-likeness (QED) is 0.508. The summed E-state index contributed by atoms with van der Waals surface area (Å²) < 4.78 is 27.2. The van der Waals surface area contributed by atoms with Crippen molar-refractivity contribution in [3.8, 4) is 0 Å². The summed E-state index contributed by atoms with van der Waals surface area (Å²) in [5.74, 6) is -0.0172. The third-order valence-corrected chi connectivity index (χ3v) is 5.63. The number of benzene rings is 2. The van der Waals surface area contributed by atoms with E-state index in [0.717, 1.165) is 0 Å². The number of nitrogens with one attached hydrogen (secondary N) is 2. The van der Waals surface area contributed by atoms with Crippen molar-refractivity contribution in [2.75, 3.05) is 10.0 Å². The lowest BCUT2D eigenvalue weighted by Gasteiger charge is -2.09. The maximum atomic E-state index is 12.4. The molecule has 7 nitrogen and oxygen atoms in total. The number of amides is 1. The predicted molar refractivity (Wildman–Crippen MR) is 115 cm³/mol. The van der Waals surface area contributed by atoms with Crippen LogP contribution in [0.15, 0.2) is 83.9 Å². The maximum Gasteiger partial charge on any atom is 0.263 e. The molecule has 30 heavy (non-hydrogen) atoms. The van der Waals surface area contributed by atoms with Crippen molar-refractivity contribution in [3.05, 3.63) is 84.6 Å². The Balaban J connectivity index is 1.50. The van der Waals surface area contributed by atoms with Crippen molar-refractivity contribution >= 4 is 33.2 Å². The van der Waals surface area contributed by atoms with Gasteiger partial charge in [-0.1, -0.05) is 36.4 Å². The molecule has 0 bridgehead atoms. The van der Waals surface area contributed by atoms with Gasteiger partial charge in [0.05, 0.1) is 4.90 Å². The van der Waals surface area contributed by atoms with Crippen LogP contribution in [0.25, 0.3) is 0 Å². The van der Waals surface area contributed by atoms with Crippen LogP contribution in [0, 0.1) is 0 Å². The summed E-state index contributed by atoms with van der Waals surface area (Å²) in [6.45, 7) is 0. The second-order valence-electron chi connectivity index (χ2n) is 6.54. The molecule has 0 fully saturated rings. The predicted octanol–water partition coefficient (Wildman–Crippen LogP) is 3.87. The van der Waals surface area contributed by atoms with Crippen LogP contribution in [0.2, 0.25) is 0 Å². The lowest BCUT2D eigenvalue weighted by Crippen LogP contribution is -2.14. The molecule has 8 heteroatoms. The summed E-state index contributed by atoms with van der Waals surface area (Å²) >= 11 is 0. The lowest BCUT2D eigenvalue weighted by atomic mass is 10.1. The third kappa shape index (κ3) is 5.99. The van der Waals surface area contributed by atoms with Crippen LogP contribution < -0.4 is 10.0 Å². The van der Waals surface area contributed by atoms with Crippen molar-refractivity contribution in [2.45, 2.75) is 24.2 Å². The minimum Gasteiger partial charge on any atom is -0.326 e.